The van der Waals surface area contributed by atoms with Gasteiger partial charge in [0.1, 0.15) is 5.75 Å². The number of amides is 2. The smallest absolute Gasteiger partial charge is 0.288 e. The lowest BCUT2D eigenvalue weighted by Gasteiger charge is -2.16. The highest BCUT2D eigenvalue weighted by atomic mass is 32.2. The number of nitrogens with zero attached hydrogens (tertiary/aromatic N) is 1. The van der Waals surface area contributed by atoms with Crippen molar-refractivity contribution in [3.05, 3.63) is 48.5 Å². The van der Waals surface area contributed by atoms with E-state index in [2.05, 4.69) is 5.32 Å². The van der Waals surface area contributed by atoms with Gasteiger partial charge < -0.3 is 15.0 Å². The highest BCUT2D eigenvalue weighted by Gasteiger charge is 2.21. The summed E-state index contributed by atoms with van der Waals surface area (Å²) >= 11 is 0.447. The van der Waals surface area contributed by atoms with Crippen LogP contribution in [0.25, 0.3) is 0 Å². The molecule has 1 fully saturated rings. The summed E-state index contributed by atoms with van der Waals surface area (Å²) in [5, 5.41) is 2.64. The van der Waals surface area contributed by atoms with Crippen molar-refractivity contribution in [1.82, 2.24) is 0 Å². The molecule has 0 aromatic heterocycles. The zero-order valence-electron chi connectivity index (χ0n) is 14.4. The van der Waals surface area contributed by atoms with Crippen LogP contribution in [0.4, 0.5) is 20.2 Å². The maximum absolute atomic E-state index is 12.3. The van der Waals surface area contributed by atoms with Crippen molar-refractivity contribution in [2.75, 3.05) is 23.4 Å². The van der Waals surface area contributed by atoms with Crippen LogP contribution in [0.1, 0.15) is 12.8 Å². The molecular formula is C19H18F2N2O3S. The largest absolute Gasteiger partial charge is 0.484 e. The summed E-state index contributed by atoms with van der Waals surface area (Å²) in [5.41, 5.74) is 1.25. The third kappa shape index (κ3) is 5.43. The van der Waals surface area contributed by atoms with E-state index < -0.39 is 5.76 Å². The molecule has 0 bridgehead atoms. The van der Waals surface area contributed by atoms with E-state index in [0.29, 0.717) is 41.1 Å². The normalized spacial score (nSPS) is 13.9. The van der Waals surface area contributed by atoms with Gasteiger partial charge in [-0.05, 0) is 42.8 Å². The second kappa shape index (κ2) is 8.85. The number of thioether (sulfide) groups is 1. The highest BCUT2D eigenvalue weighted by Crippen LogP contribution is 2.27. The van der Waals surface area contributed by atoms with Gasteiger partial charge in [-0.3, -0.25) is 9.59 Å². The minimum absolute atomic E-state index is 0.0818. The van der Waals surface area contributed by atoms with Crippen LogP contribution in [0, 0.1) is 0 Å². The third-order valence-corrected chi connectivity index (χ3v) is 4.66. The summed E-state index contributed by atoms with van der Waals surface area (Å²) in [6, 6.07) is 13.2. The summed E-state index contributed by atoms with van der Waals surface area (Å²) < 4.78 is 30.1. The topological polar surface area (TPSA) is 58.6 Å². The van der Waals surface area contributed by atoms with E-state index in [-0.39, 0.29) is 18.4 Å². The molecule has 0 aliphatic carbocycles. The number of hydrogen-bond acceptors (Lipinski definition) is 4. The van der Waals surface area contributed by atoms with Crippen LogP contribution in [0.5, 0.6) is 5.75 Å². The predicted octanol–water partition coefficient (Wildman–Crippen LogP) is 4.15. The standard InChI is InChI=1S/C19H18F2N2O3S/c20-19(21)27-16-8-6-13(7-9-16)22-17(24)12-26-15-4-1-3-14(11-15)23-10-2-5-18(23)25/h1,3-4,6-9,11,19H,2,5,10,12H2,(H,22,24). The fourth-order valence-corrected chi connectivity index (χ4v) is 3.23. The van der Waals surface area contributed by atoms with Gasteiger partial charge in [-0.15, -0.1) is 0 Å². The van der Waals surface area contributed by atoms with E-state index in [1.54, 1.807) is 35.2 Å². The van der Waals surface area contributed by atoms with Crippen molar-refractivity contribution in [2.45, 2.75) is 23.5 Å². The zero-order chi connectivity index (χ0) is 19.2. The lowest BCUT2D eigenvalue weighted by Crippen LogP contribution is -2.24. The van der Waals surface area contributed by atoms with E-state index in [1.807, 2.05) is 6.07 Å². The van der Waals surface area contributed by atoms with Crippen molar-refractivity contribution >= 4 is 35.0 Å². The average molecular weight is 392 g/mol. The van der Waals surface area contributed by atoms with Crippen molar-refractivity contribution in [1.29, 1.82) is 0 Å². The Morgan fingerprint density at radius 2 is 2.00 bits per heavy atom. The van der Waals surface area contributed by atoms with E-state index >= 15 is 0 Å². The first kappa shape index (κ1) is 19.2. The summed E-state index contributed by atoms with van der Waals surface area (Å²) in [4.78, 5) is 26.0. The molecular weight excluding hydrogens is 374 g/mol. The van der Waals surface area contributed by atoms with E-state index in [4.69, 9.17) is 4.74 Å². The van der Waals surface area contributed by atoms with Gasteiger partial charge in [0, 0.05) is 35.3 Å². The number of nitrogens with one attached hydrogen (secondary N) is 1. The molecule has 5 nitrogen and oxygen atoms in total. The van der Waals surface area contributed by atoms with E-state index in [9.17, 15) is 18.4 Å². The number of rotatable bonds is 7. The van der Waals surface area contributed by atoms with Gasteiger partial charge in [0.15, 0.2) is 6.61 Å². The molecule has 1 aliphatic heterocycles. The summed E-state index contributed by atoms with van der Waals surface area (Å²) in [7, 11) is 0. The summed E-state index contributed by atoms with van der Waals surface area (Å²) in [6.45, 7) is 0.480. The molecule has 0 unspecified atom stereocenters. The van der Waals surface area contributed by atoms with Crippen molar-refractivity contribution in [3.8, 4) is 5.75 Å². The van der Waals surface area contributed by atoms with Crippen molar-refractivity contribution in [2.24, 2.45) is 0 Å². The molecule has 2 aromatic carbocycles. The van der Waals surface area contributed by atoms with Crippen LogP contribution in [0.2, 0.25) is 0 Å². The third-order valence-electron chi connectivity index (χ3n) is 3.94. The first-order valence-electron chi connectivity index (χ1n) is 8.39. The average Bonchev–Trinajstić information content (AvgIpc) is 3.07. The molecule has 0 atom stereocenters. The fraction of sp³-hybridized carbons (Fsp3) is 0.263. The molecule has 2 aromatic rings. The molecule has 2 amide bonds. The van der Waals surface area contributed by atoms with Gasteiger partial charge in [0.25, 0.3) is 11.7 Å². The Hall–Kier alpha value is -2.61. The maximum atomic E-state index is 12.3. The Morgan fingerprint density at radius 3 is 2.67 bits per heavy atom. The fourth-order valence-electron chi connectivity index (χ4n) is 2.73. The molecule has 3 rings (SSSR count). The van der Waals surface area contributed by atoms with Crippen LogP contribution >= 0.6 is 11.8 Å². The number of carbonyl (C=O) groups excluding carboxylic acids is 2. The molecule has 0 radical (unpaired) electrons. The lowest BCUT2D eigenvalue weighted by molar-refractivity contribution is -0.118. The Balaban J connectivity index is 1.52. The van der Waals surface area contributed by atoms with Gasteiger partial charge in [-0.1, -0.05) is 17.8 Å². The Labute approximate surface area is 159 Å². The Bertz CT molecular complexity index is 815. The molecule has 1 saturated heterocycles. The summed E-state index contributed by atoms with van der Waals surface area (Å²) in [6.07, 6.45) is 1.38. The SMILES string of the molecule is O=C(COc1cccc(N2CCCC2=O)c1)Nc1ccc(SC(F)F)cc1. The van der Waals surface area contributed by atoms with Crippen LogP contribution in [-0.2, 0) is 9.59 Å². The minimum Gasteiger partial charge on any atom is -0.484 e. The van der Waals surface area contributed by atoms with E-state index in [1.165, 1.54) is 12.1 Å². The van der Waals surface area contributed by atoms with Crippen LogP contribution < -0.4 is 15.0 Å². The monoisotopic (exact) mass is 392 g/mol. The van der Waals surface area contributed by atoms with Gasteiger partial charge in [-0.2, -0.15) is 8.78 Å². The highest BCUT2D eigenvalue weighted by molar-refractivity contribution is 7.99. The van der Waals surface area contributed by atoms with Crippen LogP contribution in [0.3, 0.4) is 0 Å². The molecule has 1 N–H and O–H groups in total. The summed E-state index contributed by atoms with van der Waals surface area (Å²) in [5.74, 6) is -2.28. The maximum Gasteiger partial charge on any atom is 0.288 e. The van der Waals surface area contributed by atoms with Gasteiger partial charge in [-0.25, -0.2) is 0 Å². The first-order chi connectivity index (χ1) is 13.0. The number of anilines is 2. The molecule has 0 spiro atoms. The lowest BCUT2D eigenvalue weighted by atomic mass is 10.3. The first-order valence-corrected chi connectivity index (χ1v) is 9.27. The van der Waals surface area contributed by atoms with Crippen molar-refractivity contribution < 1.29 is 23.1 Å². The number of alkyl halides is 2. The number of ether oxygens (including phenoxy) is 1. The van der Waals surface area contributed by atoms with Gasteiger partial charge in [0.05, 0.1) is 0 Å². The predicted molar refractivity (Wildman–Crippen MR) is 100 cm³/mol. The Morgan fingerprint density at radius 1 is 1.22 bits per heavy atom. The molecule has 8 heteroatoms. The van der Waals surface area contributed by atoms with Gasteiger partial charge in [0.2, 0.25) is 5.91 Å². The molecule has 27 heavy (non-hydrogen) atoms. The second-order valence-corrected chi connectivity index (χ2v) is 6.95. The number of carbonyl (C=O) groups is 2. The number of hydrogen-bond donors (Lipinski definition) is 1. The number of halogens is 2. The van der Waals surface area contributed by atoms with Gasteiger partial charge >= 0.3 is 0 Å². The van der Waals surface area contributed by atoms with Crippen LogP contribution in [0.15, 0.2) is 53.4 Å². The Kier molecular flexibility index (Phi) is 6.28. The van der Waals surface area contributed by atoms with Crippen LogP contribution in [-0.4, -0.2) is 30.7 Å². The zero-order valence-corrected chi connectivity index (χ0v) is 15.2. The molecule has 1 heterocycles. The molecule has 0 saturated carbocycles. The molecule has 142 valence electrons. The van der Waals surface area contributed by atoms with Crippen molar-refractivity contribution in [3.63, 3.8) is 0 Å². The second-order valence-electron chi connectivity index (χ2n) is 5.89. The quantitative estimate of drug-likeness (QED) is 0.720. The molecule has 1 aliphatic rings. The number of benzene rings is 2. The van der Waals surface area contributed by atoms with E-state index in [0.717, 1.165) is 12.1 Å². The minimum atomic E-state index is -2.48.